The lowest BCUT2D eigenvalue weighted by molar-refractivity contribution is 0.0195. The van der Waals surface area contributed by atoms with Crippen LogP contribution in [0.15, 0.2) is 35.3 Å². The minimum Gasteiger partial charge on any atom is -0.494 e. The number of rotatable bonds is 7. The van der Waals surface area contributed by atoms with Crippen molar-refractivity contribution < 1.29 is 9.47 Å². The van der Waals surface area contributed by atoms with Crippen molar-refractivity contribution in [3.05, 3.63) is 30.3 Å². The van der Waals surface area contributed by atoms with E-state index in [1.54, 1.807) is 0 Å². The van der Waals surface area contributed by atoms with Gasteiger partial charge in [-0.1, -0.05) is 18.2 Å². The van der Waals surface area contributed by atoms with Crippen LogP contribution in [-0.2, 0) is 4.74 Å². The Bertz CT molecular complexity index is 552. The summed E-state index contributed by atoms with van der Waals surface area (Å²) >= 11 is 0. The topological polar surface area (TPSA) is 49.3 Å². The highest BCUT2D eigenvalue weighted by molar-refractivity contribution is 14.0. The van der Waals surface area contributed by atoms with Gasteiger partial charge in [-0.25, -0.2) is 0 Å². The number of para-hydroxylation sites is 1. The molecule has 1 aromatic carbocycles. The molecule has 27 heavy (non-hydrogen) atoms. The van der Waals surface area contributed by atoms with Crippen molar-refractivity contribution in [3.63, 3.8) is 0 Å². The van der Waals surface area contributed by atoms with Crippen LogP contribution in [0.5, 0.6) is 5.75 Å². The molecule has 0 aliphatic carbocycles. The number of halogens is 1. The summed E-state index contributed by atoms with van der Waals surface area (Å²) in [5.74, 6) is 1.97. The van der Waals surface area contributed by atoms with Crippen molar-refractivity contribution in [3.8, 4) is 5.75 Å². The molecule has 2 heterocycles. The maximum Gasteiger partial charge on any atom is 0.193 e. The van der Waals surface area contributed by atoms with E-state index in [1.165, 1.54) is 6.42 Å². The molecule has 1 aromatic rings. The minimum absolute atomic E-state index is 0. The van der Waals surface area contributed by atoms with Crippen molar-refractivity contribution in [2.24, 2.45) is 4.99 Å². The van der Waals surface area contributed by atoms with Gasteiger partial charge in [0.15, 0.2) is 5.96 Å². The molecule has 1 atom stereocenters. The van der Waals surface area contributed by atoms with E-state index in [0.717, 1.165) is 70.6 Å². The molecule has 0 spiro atoms. The van der Waals surface area contributed by atoms with Crippen LogP contribution in [0.1, 0.15) is 19.8 Å². The third-order valence-electron chi connectivity index (χ3n) is 4.94. The van der Waals surface area contributed by atoms with Crippen LogP contribution in [0.25, 0.3) is 0 Å². The first kappa shape index (κ1) is 22.2. The number of hydrogen-bond acceptors (Lipinski definition) is 4. The van der Waals surface area contributed by atoms with Gasteiger partial charge in [0.25, 0.3) is 0 Å². The van der Waals surface area contributed by atoms with Gasteiger partial charge < -0.3 is 19.7 Å². The van der Waals surface area contributed by atoms with Crippen LogP contribution in [0.4, 0.5) is 0 Å². The van der Waals surface area contributed by atoms with Gasteiger partial charge in [0, 0.05) is 51.7 Å². The van der Waals surface area contributed by atoms with Crippen LogP contribution in [0.3, 0.4) is 0 Å². The number of morpholine rings is 1. The lowest BCUT2D eigenvalue weighted by Gasteiger charge is -2.32. The average Bonchev–Trinajstić information content (AvgIpc) is 3.18. The van der Waals surface area contributed by atoms with E-state index in [1.807, 2.05) is 30.3 Å². The predicted molar refractivity (Wildman–Crippen MR) is 120 cm³/mol. The van der Waals surface area contributed by atoms with Crippen LogP contribution in [0.2, 0.25) is 0 Å². The minimum atomic E-state index is 0. The largest absolute Gasteiger partial charge is 0.494 e. The van der Waals surface area contributed by atoms with Gasteiger partial charge in [0.2, 0.25) is 0 Å². The summed E-state index contributed by atoms with van der Waals surface area (Å²) in [6.07, 6.45) is 2.13. The second-order valence-corrected chi connectivity index (χ2v) is 6.79. The number of aliphatic imine (C=N–C) groups is 1. The first-order valence-corrected chi connectivity index (χ1v) is 9.89. The average molecular weight is 488 g/mol. The summed E-state index contributed by atoms with van der Waals surface area (Å²) in [5, 5.41) is 3.45. The Morgan fingerprint density at radius 1 is 1.22 bits per heavy atom. The fourth-order valence-electron chi connectivity index (χ4n) is 3.56. The molecule has 7 heteroatoms. The molecule has 2 saturated heterocycles. The molecular formula is C20H33IN4O2. The molecule has 2 fully saturated rings. The van der Waals surface area contributed by atoms with E-state index in [4.69, 9.17) is 14.5 Å². The van der Waals surface area contributed by atoms with E-state index < -0.39 is 0 Å². The van der Waals surface area contributed by atoms with Crippen LogP contribution >= 0.6 is 24.0 Å². The molecule has 152 valence electrons. The van der Waals surface area contributed by atoms with Crippen molar-refractivity contribution in [1.29, 1.82) is 0 Å². The molecule has 6 nitrogen and oxygen atoms in total. The molecular weight excluding hydrogens is 455 g/mol. The zero-order chi connectivity index (χ0) is 18.0. The van der Waals surface area contributed by atoms with Gasteiger partial charge in [0.1, 0.15) is 5.75 Å². The molecule has 0 amide bonds. The molecule has 2 aliphatic heterocycles. The maximum atomic E-state index is 5.75. The Labute approximate surface area is 180 Å². The second-order valence-electron chi connectivity index (χ2n) is 6.79. The zero-order valence-electron chi connectivity index (χ0n) is 16.3. The molecule has 1 N–H and O–H groups in total. The summed E-state index contributed by atoms with van der Waals surface area (Å²) in [7, 11) is 0. The third kappa shape index (κ3) is 7.12. The fraction of sp³-hybridized carbons (Fsp3) is 0.650. The standard InChI is InChI=1S/C20H32N4O2.HI/c1-2-21-20(22-10-6-14-26-19-7-4-3-5-8-19)24-11-9-18(17-24)23-12-15-25-16-13-23;/h3-5,7-8,18H,2,6,9-17H2,1H3,(H,21,22);1H. The van der Waals surface area contributed by atoms with E-state index >= 15 is 0 Å². The van der Waals surface area contributed by atoms with Gasteiger partial charge in [-0.3, -0.25) is 9.89 Å². The number of ether oxygens (including phenoxy) is 2. The van der Waals surface area contributed by atoms with Gasteiger partial charge in [-0.05, 0) is 25.5 Å². The monoisotopic (exact) mass is 488 g/mol. The second kappa shape index (κ2) is 12.4. The Kier molecular flexibility index (Phi) is 10.2. The lowest BCUT2D eigenvalue weighted by atomic mass is 10.2. The zero-order valence-corrected chi connectivity index (χ0v) is 18.6. The molecule has 0 bridgehead atoms. The van der Waals surface area contributed by atoms with Crippen molar-refractivity contribution >= 4 is 29.9 Å². The van der Waals surface area contributed by atoms with E-state index in [9.17, 15) is 0 Å². The summed E-state index contributed by atoms with van der Waals surface area (Å²) in [5.41, 5.74) is 0. The van der Waals surface area contributed by atoms with E-state index in [0.29, 0.717) is 12.6 Å². The first-order valence-electron chi connectivity index (χ1n) is 9.89. The van der Waals surface area contributed by atoms with E-state index in [2.05, 4.69) is 22.0 Å². The number of guanidine groups is 1. The Balaban J connectivity index is 0.00000261. The quantitative estimate of drug-likeness (QED) is 0.277. The Morgan fingerprint density at radius 2 is 2.00 bits per heavy atom. The predicted octanol–water partition coefficient (Wildman–Crippen LogP) is 2.45. The number of nitrogens with zero attached hydrogens (tertiary/aromatic N) is 3. The molecule has 0 aromatic heterocycles. The summed E-state index contributed by atoms with van der Waals surface area (Å²) in [6, 6.07) is 10.6. The first-order chi connectivity index (χ1) is 12.9. The third-order valence-corrected chi connectivity index (χ3v) is 4.94. The highest BCUT2D eigenvalue weighted by Gasteiger charge is 2.30. The number of hydrogen-bond donors (Lipinski definition) is 1. The van der Waals surface area contributed by atoms with Crippen molar-refractivity contribution in [2.45, 2.75) is 25.8 Å². The Morgan fingerprint density at radius 3 is 2.74 bits per heavy atom. The smallest absolute Gasteiger partial charge is 0.193 e. The fourth-order valence-corrected chi connectivity index (χ4v) is 3.56. The molecule has 2 aliphatic rings. The SMILES string of the molecule is CCNC(=NCCCOc1ccccc1)N1CCC(N2CCOCC2)C1.I. The van der Waals surface area contributed by atoms with Crippen molar-refractivity contribution in [2.75, 3.05) is 59.1 Å². The highest BCUT2D eigenvalue weighted by Crippen LogP contribution is 2.17. The van der Waals surface area contributed by atoms with Gasteiger partial charge >= 0.3 is 0 Å². The maximum absolute atomic E-state index is 5.75. The lowest BCUT2D eigenvalue weighted by Crippen LogP contribution is -2.46. The molecule has 1 unspecified atom stereocenters. The van der Waals surface area contributed by atoms with Crippen LogP contribution in [-0.4, -0.2) is 80.9 Å². The summed E-state index contributed by atoms with van der Waals surface area (Å²) in [6.45, 7) is 10.5. The molecule has 0 radical (unpaired) electrons. The van der Waals surface area contributed by atoms with Crippen LogP contribution in [0, 0.1) is 0 Å². The summed E-state index contributed by atoms with van der Waals surface area (Å²) in [4.78, 5) is 9.79. The van der Waals surface area contributed by atoms with Gasteiger partial charge in [-0.15, -0.1) is 24.0 Å². The number of likely N-dealkylation sites (tertiary alicyclic amines) is 1. The normalized spacial score (nSPS) is 21.0. The van der Waals surface area contributed by atoms with Gasteiger partial charge in [0.05, 0.1) is 19.8 Å². The number of benzene rings is 1. The highest BCUT2D eigenvalue weighted by atomic mass is 127. The Hall–Kier alpha value is -1.06. The van der Waals surface area contributed by atoms with Gasteiger partial charge in [-0.2, -0.15) is 0 Å². The number of nitrogens with one attached hydrogen (secondary N) is 1. The summed E-state index contributed by atoms with van der Waals surface area (Å²) < 4.78 is 11.2. The molecule has 0 saturated carbocycles. The van der Waals surface area contributed by atoms with E-state index in [-0.39, 0.29) is 24.0 Å². The van der Waals surface area contributed by atoms with Crippen molar-refractivity contribution in [1.82, 2.24) is 15.1 Å². The molecule has 3 rings (SSSR count). The van der Waals surface area contributed by atoms with Crippen LogP contribution < -0.4 is 10.1 Å².